The Morgan fingerprint density at radius 2 is 1.84 bits per heavy atom. The molecule has 3 fully saturated rings. The number of carbonyl (C=O) groups excluding carboxylic acids is 2. The van der Waals surface area contributed by atoms with E-state index in [4.69, 9.17) is 0 Å². The van der Waals surface area contributed by atoms with Crippen molar-refractivity contribution in [2.24, 2.45) is 5.41 Å². The average Bonchev–Trinajstić information content (AvgIpc) is 2.75. The Morgan fingerprint density at radius 3 is 2.32 bits per heavy atom. The molecule has 0 radical (unpaired) electrons. The van der Waals surface area contributed by atoms with E-state index in [1.165, 1.54) is 0 Å². The highest BCUT2D eigenvalue weighted by molar-refractivity contribution is 6.00. The van der Waals surface area contributed by atoms with Crippen molar-refractivity contribution < 1.29 is 9.59 Å². The van der Waals surface area contributed by atoms with E-state index in [1.807, 2.05) is 11.8 Å². The fourth-order valence-electron chi connectivity index (χ4n) is 3.86. The third-order valence-corrected chi connectivity index (χ3v) is 5.29. The highest BCUT2D eigenvalue weighted by Gasteiger charge is 2.60. The first-order valence-electron chi connectivity index (χ1n) is 7.56. The third-order valence-electron chi connectivity index (χ3n) is 5.29. The molecule has 2 saturated carbocycles. The predicted molar refractivity (Wildman–Crippen MR) is 72.5 cm³/mol. The minimum atomic E-state index is -0.568. The summed E-state index contributed by atoms with van der Waals surface area (Å²) in [5, 5.41) is 3.05. The largest absolute Gasteiger partial charge is 0.340 e. The second-order valence-corrected chi connectivity index (χ2v) is 7.12. The fraction of sp³-hybridized carbons (Fsp3) is 0.867. The molecule has 2 aliphatic carbocycles. The summed E-state index contributed by atoms with van der Waals surface area (Å²) in [6.07, 6.45) is 5.46. The van der Waals surface area contributed by atoms with Crippen molar-refractivity contribution in [3.63, 3.8) is 0 Å². The lowest BCUT2D eigenvalue weighted by molar-refractivity contribution is -0.156. The molecule has 1 spiro atoms. The summed E-state index contributed by atoms with van der Waals surface area (Å²) in [5.74, 6) is 0.249. The molecule has 1 saturated heterocycles. The number of nitrogens with zero attached hydrogens (tertiary/aromatic N) is 1. The monoisotopic (exact) mass is 264 g/mol. The lowest BCUT2D eigenvalue weighted by Gasteiger charge is -2.45. The zero-order chi connectivity index (χ0) is 13.8. The van der Waals surface area contributed by atoms with Gasteiger partial charge in [-0.05, 0) is 31.1 Å². The Morgan fingerprint density at radius 1 is 1.26 bits per heavy atom. The topological polar surface area (TPSA) is 49.4 Å². The van der Waals surface area contributed by atoms with Crippen LogP contribution < -0.4 is 5.32 Å². The van der Waals surface area contributed by atoms with Crippen LogP contribution in [0.2, 0.25) is 0 Å². The van der Waals surface area contributed by atoms with Gasteiger partial charge in [-0.25, -0.2) is 0 Å². The normalized spacial score (nSPS) is 35.6. The minimum Gasteiger partial charge on any atom is -0.340 e. The average molecular weight is 264 g/mol. The minimum absolute atomic E-state index is 0.0618. The summed E-state index contributed by atoms with van der Waals surface area (Å²) in [6, 6.07) is -0.000949. The van der Waals surface area contributed by atoms with Crippen LogP contribution in [0.3, 0.4) is 0 Å². The van der Waals surface area contributed by atoms with Gasteiger partial charge in [-0.2, -0.15) is 0 Å². The zero-order valence-electron chi connectivity index (χ0n) is 12.2. The highest BCUT2D eigenvalue weighted by atomic mass is 16.2. The van der Waals surface area contributed by atoms with E-state index >= 15 is 0 Å². The van der Waals surface area contributed by atoms with Gasteiger partial charge in [0.05, 0.1) is 0 Å². The molecule has 4 nitrogen and oxygen atoms in total. The summed E-state index contributed by atoms with van der Waals surface area (Å²) >= 11 is 0. The third kappa shape index (κ3) is 1.79. The van der Waals surface area contributed by atoms with Crippen LogP contribution >= 0.6 is 0 Å². The molecule has 0 bridgehead atoms. The van der Waals surface area contributed by atoms with Crippen molar-refractivity contribution in [1.29, 1.82) is 0 Å². The molecule has 2 amide bonds. The van der Waals surface area contributed by atoms with Crippen LogP contribution in [0.1, 0.15) is 59.3 Å². The molecule has 0 aromatic heterocycles. The van der Waals surface area contributed by atoms with Crippen molar-refractivity contribution in [1.82, 2.24) is 10.2 Å². The molecule has 1 aliphatic heterocycles. The maximum absolute atomic E-state index is 12.9. The van der Waals surface area contributed by atoms with Crippen molar-refractivity contribution in [2.45, 2.75) is 76.9 Å². The molecule has 106 valence electrons. The second kappa shape index (κ2) is 3.97. The number of hydrogen-bond acceptors (Lipinski definition) is 2. The Hall–Kier alpha value is -1.06. The number of rotatable bonds is 2. The van der Waals surface area contributed by atoms with Gasteiger partial charge < -0.3 is 10.2 Å². The van der Waals surface area contributed by atoms with E-state index in [9.17, 15) is 9.59 Å². The van der Waals surface area contributed by atoms with E-state index in [0.717, 1.165) is 32.1 Å². The van der Waals surface area contributed by atoms with Gasteiger partial charge in [-0.1, -0.05) is 33.6 Å². The zero-order valence-corrected chi connectivity index (χ0v) is 12.2. The molecule has 2 unspecified atom stereocenters. The molecule has 2 atom stereocenters. The Balaban J connectivity index is 1.93. The Labute approximate surface area is 114 Å². The quantitative estimate of drug-likeness (QED) is 0.827. The molecule has 19 heavy (non-hydrogen) atoms. The van der Waals surface area contributed by atoms with E-state index in [2.05, 4.69) is 19.2 Å². The second-order valence-electron chi connectivity index (χ2n) is 7.12. The van der Waals surface area contributed by atoms with Crippen LogP contribution in [-0.4, -0.2) is 34.3 Å². The van der Waals surface area contributed by atoms with Crippen LogP contribution in [0.4, 0.5) is 0 Å². The van der Waals surface area contributed by atoms with Gasteiger partial charge in [0.25, 0.3) is 0 Å². The van der Waals surface area contributed by atoms with Gasteiger partial charge in [0, 0.05) is 6.04 Å². The molecule has 3 rings (SSSR count). The van der Waals surface area contributed by atoms with Crippen LogP contribution in [-0.2, 0) is 9.59 Å². The number of carbonyl (C=O) groups is 2. The van der Waals surface area contributed by atoms with E-state index in [1.54, 1.807) is 0 Å². The number of piperazine rings is 1. The maximum Gasteiger partial charge on any atom is 0.249 e. The van der Waals surface area contributed by atoms with Crippen LogP contribution in [0.25, 0.3) is 0 Å². The van der Waals surface area contributed by atoms with Crippen LogP contribution in [0.15, 0.2) is 0 Å². The number of amides is 2. The Kier molecular flexibility index (Phi) is 2.70. The van der Waals surface area contributed by atoms with Gasteiger partial charge in [-0.3, -0.25) is 9.59 Å². The summed E-state index contributed by atoms with van der Waals surface area (Å²) in [6.45, 7) is 6.36. The highest BCUT2D eigenvalue weighted by Crippen LogP contribution is 2.51. The molecular weight excluding hydrogens is 240 g/mol. The molecule has 0 aromatic rings. The predicted octanol–water partition coefficient (Wildman–Crippen LogP) is 1.83. The summed E-state index contributed by atoms with van der Waals surface area (Å²) in [7, 11) is 0. The van der Waals surface area contributed by atoms with E-state index < -0.39 is 5.54 Å². The van der Waals surface area contributed by atoms with Crippen molar-refractivity contribution >= 4 is 11.8 Å². The van der Waals surface area contributed by atoms with E-state index in [-0.39, 0.29) is 29.3 Å². The summed E-state index contributed by atoms with van der Waals surface area (Å²) in [4.78, 5) is 27.3. The molecule has 1 heterocycles. The standard InChI is InChI=1S/C15H24N2O2/c1-4-10-12(18)16-15(7-5-6-8-15)13(19)17(10)11-9-14(11,2)3/h10-11H,4-9H2,1-3H3,(H,16,18). The van der Waals surface area contributed by atoms with Gasteiger partial charge >= 0.3 is 0 Å². The summed E-state index contributed by atoms with van der Waals surface area (Å²) < 4.78 is 0. The fourth-order valence-corrected chi connectivity index (χ4v) is 3.86. The first-order chi connectivity index (χ1) is 8.91. The summed E-state index contributed by atoms with van der Waals surface area (Å²) in [5.41, 5.74) is -0.387. The molecule has 3 aliphatic rings. The van der Waals surface area contributed by atoms with Crippen LogP contribution in [0, 0.1) is 5.41 Å². The lowest BCUT2D eigenvalue weighted by atomic mass is 9.89. The molecule has 1 N–H and O–H groups in total. The smallest absolute Gasteiger partial charge is 0.249 e. The van der Waals surface area contributed by atoms with Gasteiger partial charge in [0.1, 0.15) is 11.6 Å². The molecule has 0 aromatic carbocycles. The lowest BCUT2D eigenvalue weighted by Crippen LogP contribution is -2.70. The SMILES string of the molecule is CCC1C(=O)NC2(CCCC2)C(=O)N1C1CC1(C)C. The van der Waals surface area contributed by atoms with E-state index in [0.29, 0.717) is 6.42 Å². The van der Waals surface area contributed by atoms with Crippen molar-refractivity contribution in [3.8, 4) is 0 Å². The molecule has 4 heteroatoms. The van der Waals surface area contributed by atoms with Gasteiger partial charge in [-0.15, -0.1) is 0 Å². The number of nitrogens with one attached hydrogen (secondary N) is 1. The van der Waals surface area contributed by atoms with Crippen molar-refractivity contribution in [3.05, 3.63) is 0 Å². The van der Waals surface area contributed by atoms with Gasteiger partial charge in [0.2, 0.25) is 11.8 Å². The number of hydrogen-bond donors (Lipinski definition) is 1. The first kappa shape index (κ1) is 12.9. The van der Waals surface area contributed by atoms with Gasteiger partial charge in [0.15, 0.2) is 0 Å². The van der Waals surface area contributed by atoms with Crippen molar-refractivity contribution in [2.75, 3.05) is 0 Å². The molecular formula is C15H24N2O2. The first-order valence-corrected chi connectivity index (χ1v) is 7.56. The van der Waals surface area contributed by atoms with Crippen LogP contribution in [0.5, 0.6) is 0 Å². The Bertz CT molecular complexity index is 424. The maximum atomic E-state index is 12.9.